The number of likely N-dealkylation sites (tertiary alicyclic amines) is 1. The predicted octanol–water partition coefficient (Wildman–Crippen LogP) is 5.04. The van der Waals surface area contributed by atoms with E-state index in [1.807, 2.05) is 17.9 Å². The molecule has 1 amide bonds. The van der Waals surface area contributed by atoms with Gasteiger partial charge in [-0.25, -0.2) is 12.8 Å². The Kier molecular flexibility index (Phi) is 8.03. The summed E-state index contributed by atoms with van der Waals surface area (Å²) in [5, 5.41) is 0.640. The number of piperidine rings is 2. The van der Waals surface area contributed by atoms with Crippen molar-refractivity contribution in [1.29, 1.82) is 0 Å². The van der Waals surface area contributed by atoms with E-state index in [0.29, 0.717) is 30.2 Å². The van der Waals surface area contributed by atoms with Gasteiger partial charge in [-0.1, -0.05) is 11.6 Å². The first-order valence-electron chi connectivity index (χ1n) is 12.1. The van der Waals surface area contributed by atoms with Crippen molar-refractivity contribution in [3.8, 4) is 5.75 Å². The van der Waals surface area contributed by atoms with Crippen LogP contribution in [0.15, 0.2) is 47.4 Å². The Morgan fingerprint density at radius 1 is 1.06 bits per heavy atom. The Bertz CT molecular complexity index is 1150. The van der Waals surface area contributed by atoms with Crippen LogP contribution in [0.4, 0.5) is 4.39 Å². The van der Waals surface area contributed by atoms with Crippen LogP contribution < -0.4 is 4.74 Å². The third kappa shape index (κ3) is 6.16. The molecule has 0 aliphatic carbocycles. The molecular formula is C26H32ClFN2O4S. The van der Waals surface area contributed by atoms with Crippen molar-refractivity contribution in [2.75, 3.05) is 32.8 Å². The Morgan fingerprint density at radius 3 is 2.46 bits per heavy atom. The molecule has 2 aromatic carbocycles. The standard InChI is InChI=1S/C26H32ClFN2O4S/c1-20-16-22(8-11-24(20)27)34-19-26(17-25(31)29-13-3-2-4-14-29)12-5-15-30(18-26)35(32,33)23-9-6-21(28)7-10-23/h6-11,16H,2-5,12-15,17-19H2,1H3/t26-/m1/s1. The van der Waals surface area contributed by atoms with Crippen LogP contribution in [-0.2, 0) is 14.8 Å². The molecule has 2 fully saturated rings. The highest BCUT2D eigenvalue weighted by Crippen LogP contribution is 2.38. The van der Waals surface area contributed by atoms with E-state index in [4.69, 9.17) is 16.3 Å². The number of halogens is 2. The Hall–Kier alpha value is -2.16. The van der Waals surface area contributed by atoms with Crippen LogP contribution in [0.25, 0.3) is 0 Å². The average molecular weight is 523 g/mol. The molecule has 2 saturated heterocycles. The second kappa shape index (κ2) is 10.8. The van der Waals surface area contributed by atoms with Gasteiger partial charge < -0.3 is 9.64 Å². The Balaban J connectivity index is 1.58. The van der Waals surface area contributed by atoms with E-state index >= 15 is 0 Å². The molecule has 190 valence electrons. The summed E-state index contributed by atoms with van der Waals surface area (Å²) in [6, 6.07) is 10.3. The fourth-order valence-electron chi connectivity index (χ4n) is 4.96. The summed E-state index contributed by atoms with van der Waals surface area (Å²) in [5.41, 5.74) is 0.208. The molecule has 0 spiro atoms. The smallest absolute Gasteiger partial charge is 0.243 e. The second-order valence-corrected chi connectivity index (χ2v) is 12.1. The van der Waals surface area contributed by atoms with E-state index in [9.17, 15) is 17.6 Å². The fraction of sp³-hybridized carbons (Fsp3) is 0.500. The van der Waals surface area contributed by atoms with Gasteiger partial charge >= 0.3 is 0 Å². The number of nitrogens with zero attached hydrogens (tertiary/aromatic N) is 2. The largest absolute Gasteiger partial charge is 0.493 e. The maximum absolute atomic E-state index is 13.4. The molecule has 35 heavy (non-hydrogen) atoms. The van der Waals surface area contributed by atoms with Gasteiger partial charge in [-0.3, -0.25) is 4.79 Å². The Labute approximate surface area is 212 Å². The van der Waals surface area contributed by atoms with Gasteiger partial charge in [0.05, 0.1) is 11.5 Å². The lowest BCUT2D eigenvalue weighted by Gasteiger charge is -2.42. The van der Waals surface area contributed by atoms with Crippen molar-refractivity contribution in [1.82, 2.24) is 9.21 Å². The molecular weight excluding hydrogens is 491 g/mol. The van der Waals surface area contributed by atoms with Crippen molar-refractivity contribution < 1.29 is 22.3 Å². The average Bonchev–Trinajstić information content (AvgIpc) is 2.86. The first-order valence-corrected chi connectivity index (χ1v) is 13.9. The molecule has 0 N–H and O–H groups in total. The van der Waals surface area contributed by atoms with E-state index in [1.54, 1.807) is 12.1 Å². The molecule has 0 saturated carbocycles. The van der Waals surface area contributed by atoms with E-state index in [1.165, 1.54) is 16.4 Å². The van der Waals surface area contributed by atoms with Gasteiger partial charge in [0, 0.05) is 43.0 Å². The molecule has 0 aromatic heterocycles. The van der Waals surface area contributed by atoms with Crippen molar-refractivity contribution in [3.05, 3.63) is 58.9 Å². The zero-order valence-electron chi connectivity index (χ0n) is 20.0. The van der Waals surface area contributed by atoms with Crippen LogP contribution in [0.2, 0.25) is 5.02 Å². The molecule has 6 nitrogen and oxygen atoms in total. The summed E-state index contributed by atoms with van der Waals surface area (Å²) in [4.78, 5) is 15.2. The minimum Gasteiger partial charge on any atom is -0.493 e. The van der Waals surface area contributed by atoms with E-state index in [0.717, 1.165) is 50.0 Å². The molecule has 2 aliphatic heterocycles. The molecule has 0 bridgehead atoms. The zero-order valence-corrected chi connectivity index (χ0v) is 21.6. The molecule has 2 aromatic rings. The number of carbonyl (C=O) groups is 1. The predicted molar refractivity (Wildman–Crippen MR) is 134 cm³/mol. The zero-order chi connectivity index (χ0) is 25.1. The minimum absolute atomic E-state index is 0.0432. The van der Waals surface area contributed by atoms with E-state index in [-0.39, 0.29) is 30.4 Å². The second-order valence-electron chi connectivity index (χ2n) is 9.71. The number of hydrogen-bond donors (Lipinski definition) is 0. The van der Waals surface area contributed by atoms with Gasteiger partial charge in [0.1, 0.15) is 11.6 Å². The van der Waals surface area contributed by atoms with Crippen LogP contribution in [0, 0.1) is 18.2 Å². The topological polar surface area (TPSA) is 66.9 Å². The third-order valence-corrected chi connectivity index (χ3v) is 9.27. The van der Waals surface area contributed by atoms with Gasteiger partial charge in [-0.05, 0) is 87.1 Å². The highest BCUT2D eigenvalue weighted by Gasteiger charge is 2.43. The van der Waals surface area contributed by atoms with Crippen LogP contribution >= 0.6 is 11.6 Å². The summed E-state index contributed by atoms with van der Waals surface area (Å²) in [6.07, 6.45) is 4.60. The van der Waals surface area contributed by atoms with Crippen LogP contribution in [0.1, 0.15) is 44.1 Å². The maximum atomic E-state index is 13.4. The quantitative estimate of drug-likeness (QED) is 0.511. The lowest BCUT2D eigenvalue weighted by atomic mass is 9.78. The van der Waals surface area contributed by atoms with E-state index < -0.39 is 21.3 Å². The number of hydrogen-bond acceptors (Lipinski definition) is 4. The number of ether oxygens (including phenoxy) is 1. The van der Waals surface area contributed by atoms with Crippen molar-refractivity contribution in [2.24, 2.45) is 5.41 Å². The minimum atomic E-state index is -3.84. The van der Waals surface area contributed by atoms with Crippen molar-refractivity contribution >= 4 is 27.5 Å². The summed E-state index contributed by atoms with van der Waals surface area (Å²) >= 11 is 6.15. The fourth-order valence-corrected chi connectivity index (χ4v) is 6.66. The lowest BCUT2D eigenvalue weighted by molar-refractivity contribution is -0.136. The van der Waals surface area contributed by atoms with Gasteiger partial charge in [0.15, 0.2) is 0 Å². The number of amides is 1. The first-order chi connectivity index (χ1) is 16.7. The van der Waals surface area contributed by atoms with E-state index in [2.05, 4.69) is 0 Å². The number of rotatable bonds is 7. The number of carbonyl (C=O) groups excluding carboxylic acids is 1. The SMILES string of the molecule is Cc1cc(OC[C@@]2(CC(=O)N3CCCCC3)CCCN(S(=O)(=O)c3ccc(F)cc3)C2)ccc1Cl. The van der Waals surface area contributed by atoms with Gasteiger partial charge in [0.2, 0.25) is 15.9 Å². The molecule has 1 atom stereocenters. The molecule has 9 heteroatoms. The van der Waals surface area contributed by atoms with Crippen LogP contribution in [0.3, 0.4) is 0 Å². The molecule has 0 unspecified atom stereocenters. The normalized spacial score (nSPS) is 21.6. The third-order valence-electron chi connectivity index (χ3n) is 6.99. The summed E-state index contributed by atoms with van der Waals surface area (Å²) in [7, 11) is -3.84. The number of benzene rings is 2. The van der Waals surface area contributed by atoms with Crippen molar-refractivity contribution in [3.63, 3.8) is 0 Å². The summed E-state index contributed by atoms with van der Waals surface area (Å²) < 4.78 is 47.7. The highest BCUT2D eigenvalue weighted by molar-refractivity contribution is 7.89. The molecule has 4 rings (SSSR count). The highest BCUT2D eigenvalue weighted by atomic mass is 35.5. The summed E-state index contributed by atoms with van der Waals surface area (Å²) in [5.74, 6) is 0.188. The number of sulfonamides is 1. The van der Waals surface area contributed by atoms with Gasteiger partial charge in [-0.2, -0.15) is 4.31 Å². The summed E-state index contributed by atoms with van der Waals surface area (Å²) in [6.45, 7) is 4.09. The number of aryl methyl sites for hydroxylation is 1. The Morgan fingerprint density at radius 2 is 1.77 bits per heavy atom. The monoisotopic (exact) mass is 522 g/mol. The van der Waals surface area contributed by atoms with Gasteiger partial charge in [0.25, 0.3) is 0 Å². The van der Waals surface area contributed by atoms with Crippen LogP contribution in [0.5, 0.6) is 5.75 Å². The molecule has 2 heterocycles. The van der Waals surface area contributed by atoms with Crippen molar-refractivity contribution in [2.45, 2.75) is 50.3 Å². The molecule has 0 radical (unpaired) electrons. The lowest BCUT2D eigenvalue weighted by Crippen LogP contribution is -2.51. The first kappa shape index (κ1) is 25.9. The van der Waals surface area contributed by atoms with Crippen LogP contribution in [-0.4, -0.2) is 56.3 Å². The van der Waals surface area contributed by atoms with Gasteiger partial charge in [-0.15, -0.1) is 0 Å². The maximum Gasteiger partial charge on any atom is 0.243 e. The molecule has 2 aliphatic rings.